The molecule has 1 saturated heterocycles. The van der Waals surface area contributed by atoms with Gasteiger partial charge in [-0.25, -0.2) is 0 Å². The first kappa shape index (κ1) is 9.56. The van der Waals surface area contributed by atoms with Crippen LogP contribution in [0.2, 0.25) is 0 Å². The van der Waals surface area contributed by atoms with Crippen LogP contribution in [0.15, 0.2) is 0 Å². The molecule has 0 unspecified atom stereocenters. The highest BCUT2D eigenvalue weighted by molar-refractivity contribution is 5.78. The molecule has 0 bridgehead atoms. The quantitative estimate of drug-likeness (QED) is 0.684. The molecule has 0 saturated carbocycles. The lowest BCUT2D eigenvalue weighted by Crippen LogP contribution is -2.14. The molecule has 2 nitrogen and oxygen atoms in total. The van der Waals surface area contributed by atoms with Crippen molar-refractivity contribution in [2.75, 3.05) is 6.54 Å². The number of carbonyl (C=O) groups excluding carboxylic acids is 1. The SMILES string of the molecule is CCC[C@@H](C)C[C@@H]1CNC(=O)C1. The topological polar surface area (TPSA) is 29.1 Å². The molecule has 1 aliphatic rings. The van der Waals surface area contributed by atoms with E-state index in [4.69, 9.17) is 0 Å². The zero-order chi connectivity index (χ0) is 8.97. The third kappa shape index (κ3) is 2.84. The van der Waals surface area contributed by atoms with E-state index >= 15 is 0 Å². The smallest absolute Gasteiger partial charge is 0.220 e. The second-order valence-corrected chi connectivity index (χ2v) is 4.00. The average molecular weight is 169 g/mol. The molecule has 0 aliphatic carbocycles. The second-order valence-electron chi connectivity index (χ2n) is 4.00. The van der Waals surface area contributed by atoms with Gasteiger partial charge in [0, 0.05) is 13.0 Å². The van der Waals surface area contributed by atoms with Crippen LogP contribution in [0.25, 0.3) is 0 Å². The molecule has 2 heteroatoms. The molecule has 0 aromatic carbocycles. The lowest BCUT2D eigenvalue weighted by Gasteiger charge is -2.13. The summed E-state index contributed by atoms with van der Waals surface area (Å²) >= 11 is 0. The summed E-state index contributed by atoms with van der Waals surface area (Å²) in [6.07, 6.45) is 4.53. The maximum absolute atomic E-state index is 10.9. The minimum Gasteiger partial charge on any atom is -0.356 e. The average Bonchev–Trinajstić information content (AvgIpc) is 2.36. The van der Waals surface area contributed by atoms with E-state index in [9.17, 15) is 4.79 Å². The number of hydrogen-bond acceptors (Lipinski definition) is 1. The Kier molecular flexibility index (Phi) is 3.57. The van der Waals surface area contributed by atoms with Crippen LogP contribution in [0.5, 0.6) is 0 Å². The van der Waals surface area contributed by atoms with Crippen molar-refractivity contribution in [1.29, 1.82) is 0 Å². The number of hydrogen-bond donors (Lipinski definition) is 1. The molecular formula is C10H19NO. The van der Waals surface area contributed by atoms with Gasteiger partial charge < -0.3 is 5.32 Å². The molecular weight excluding hydrogens is 150 g/mol. The normalized spacial score (nSPS) is 25.5. The van der Waals surface area contributed by atoms with E-state index in [0.717, 1.165) is 18.9 Å². The van der Waals surface area contributed by atoms with Crippen molar-refractivity contribution >= 4 is 5.91 Å². The molecule has 1 rings (SSSR count). The van der Waals surface area contributed by atoms with Crippen molar-refractivity contribution in [1.82, 2.24) is 5.32 Å². The third-order valence-corrected chi connectivity index (χ3v) is 2.58. The zero-order valence-electron chi connectivity index (χ0n) is 8.10. The van der Waals surface area contributed by atoms with E-state index in [1.54, 1.807) is 0 Å². The minimum absolute atomic E-state index is 0.240. The van der Waals surface area contributed by atoms with Crippen LogP contribution in [0.3, 0.4) is 0 Å². The van der Waals surface area contributed by atoms with Gasteiger partial charge in [-0.2, -0.15) is 0 Å². The lowest BCUT2D eigenvalue weighted by molar-refractivity contribution is -0.119. The summed E-state index contributed by atoms with van der Waals surface area (Å²) in [6, 6.07) is 0. The second kappa shape index (κ2) is 4.48. The summed E-state index contributed by atoms with van der Waals surface area (Å²) in [5.74, 6) is 1.63. The van der Waals surface area contributed by atoms with Gasteiger partial charge in [-0.15, -0.1) is 0 Å². The fourth-order valence-electron chi connectivity index (χ4n) is 2.01. The van der Waals surface area contributed by atoms with Crippen molar-refractivity contribution in [2.45, 2.75) is 39.5 Å². The summed E-state index contributed by atoms with van der Waals surface area (Å²) in [7, 11) is 0. The maximum Gasteiger partial charge on any atom is 0.220 e. The van der Waals surface area contributed by atoms with Gasteiger partial charge >= 0.3 is 0 Å². The largest absolute Gasteiger partial charge is 0.356 e. The number of nitrogens with one attached hydrogen (secondary N) is 1. The van der Waals surface area contributed by atoms with Gasteiger partial charge in [-0.1, -0.05) is 26.7 Å². The van der Waals surface area contributed by atoms with E-state index in [-0.39, 0.29) is 5.91 Å². The van der Waals surface area contributed by atoms with Crippen LogP contribution in [0.4, 0.5) is 0 Å². The highest BCUT2D eigenvalue weighted by Gasteiger charge is 2.22. The van der Waals surface area contributed by atoms with Gasteiger partial charge in [0.2, 0.25) is 5.91 Å². The molecule has 1 N–H and O–H groups in total. The van der Waals surface area contributed by atoms with Crippen LogP contribution in [0, 0.1) is 11.8 Å². The maximum atomic E-state index is 10.9. The molecule has 0 aromatic rings. The standard InChI is InChI=1S/C10H19NO/c1-3-4-8(2)5-9-6-10(12)11-7-9/h8-9H,3-7H2,1-2H3,(H,11,12)/t8-,9+/m1/s1. The Morgan fingerprint density at radius 1 is 1.67 bits per heavy atom. The van der Waals surface area contributed by atoms with Crippen molar-refractivity contribution in [3.05, 3.63) is 0 Å². The lowest BCUT2D eigenvalue weighted by atomic mass is 9.92. The molecule has 70 valence electrons. The number of carbonyl (C=O) groups is 1. The molecule has 2 atom stereocenters. The third-order valence-electron chi connectivity index (χ3n) is 2.58. The minimum atomic E-state index is 0.240. The number of rotatable bonds is 4. The van der Waals surface area contributed by atoms with E-state index in [2.05, 4.69) is 19.2 Å². The Labute approximate surface area is 74.7 Å². The molecule has 0 aromatic heterocycles. The molecule has 0 spiro atoms. The van der Waals surface area contributed by atoms with E-state index in [1.165, 1.54) is 19.3 Å². The summed E-state index contributed by atoms with van der Waals surface area (Å²) in [5, 5.41) is 2.88. The molecule has 0 radical (unpaired) electrons. The van der Waals surface area contributed by atoms with Crippen LogP contribution >= 0.6 is 0 Å². The molecule has 1 amide bonds. The van der Waals surface area contributed by atoms with Crippen LogP contribution < -0.4 is 5.32 Å². The first-order chi connectivity index (χ1) is 5.72. The van der Waals surface area contributed by atoms with Crippen LogP contribution in [0.1, 0.15) is 39.5 Å². The predicted molar refractivity (Wildman–Crippen MR) is 49.8 cm³/mol. The van der Waals surface area contributed by atoms with Gasteiger partial charge in [0.15, 0.2) is 0 Å². The highest BCUT2D eigenvalue weighted by atomic mass is 16.1. The molecule has 1 heterocycles. The Hall–Kier alpha value is -0.530. The van der Waals surface area contributed by atoms with Gasteiger partial charge in [-0.05, 0) is 18.3 Å². The van der Waals surface area contributed by atoms with Crippen LogP contribution in [-0.4, -0.2) is 12.5 Å². The molecule has 1 aliphatic heterocycles. The molecule has 12 heavy (non-hydrogen) atoms. The predicted octanol–water partition coefficient (Wildman–Crippen LogP) is 1.95. The van der Waals surface area contributed by atoms with E-state index < -0.39 is 0 Å². The Morgan fingerprint density at radius 2 is 2.42 bits per heavy atom. The summed E-state index contributed by atoms with van der Waals surface area (Å²) in [6.45, 7) is 5.41. The van der Waals surface area contributed by atoms with E-state index in [0.29, 0.717) is 5.92 Å². The fourth-order valence-corrected chi connectivity index (χ4v) is 2.01. The molecule has 1 fully saturated rings. The Balaban J connectivity index is 2.18. The van der Waals surface area contributed by atoms with Gasteiger partial charge in [-0.3, -0.25) is 4.79 Å². The van der Waals surface area contributed by atoms with Crippen molar-refractivity contribution in [2.24, 2.45) is 11.8 Å². The van der Waals surface area contributed by atoms with Crippen molar-refractivity contribution < 1.29 is 4.79 Å². The zero-order valence-corrected chi connectivity index (χ0v) is 8.10. The summed E-state index contributed by atoms with van der Waals surface area (Å²) < 4.78 is 0. The Morgan fingerprint density at radius 3 is 2.92 bits per heavy atom. The monoisotopic (exact) mass is 169 g/mol. The van der Waals surface area contributed by atoms with Gasteiger partial charge in [0.1, 0.15) is 0 Å². The van der Waals surface area contributed by atoms with Gasteiger partial charge in [0.25, 0.3) is 0 Å². The number of amides is 1. The van der Waals surface area contributed by atoms with Crippen molar-refractivity contribution in [3.8, 4) is 0 Å². The van der Waals surface area contributed by atoms with Gasteiger partial charge in [0.05, 0.1) is 0 Å². The summed E-state index contributed by atoms with van der Waals surface area (Å²) in [5.41, 5.74) is 0. The Bertz CT molecular complexity index is 156. The first-order valence-electron chi connectivity index (χ1n) is 4.99. The van der Waals surface area contributed by atoms with Crippen molar-refractivity contribution in [3.63, 3.8) is 0 Å². The summed E-state index contributed by atoms with van der Waals surface area (Å²) in [4.78, 5) is 10.9. The van der Waals surface area contributed by atoms with Crippen LogP contribution in [-0.2, 0) is 4.79 Å². The highest BCUT2D eigenvalue weighted by Crippen LogP contribution is 2.21. The fraction of sp³-hybridized carbons (Fsp3) is 0.900. The first-order valence-corrected chi connectivity index (χ1v) is 4.99. The van der Waals surface area contributed by atoms with E-state index in [1.807, 2.05) is 0 Å².